The van der Waals surface area contributed by atoms with E-state index >= 15 is 0 Å². The Morgan fingerprint density at radius 2 is 2.00 bits per heavy atom. The summed E-state index contributed by atoms with van der Waals surface area (Å²) < 4.78 is 15.3. The van der Waals surface area contributed by atoms with E-state index < -0.39 is 29.2 Å². The molecule has 0 saturated heterocycles. The zero-order valence-corrected chi connectivity index (χ0v) is 14.1. The summed E-state index contributed by atoms with van der Waals surface area (Å²) in [6.07, 6.45) is -0.839. The van der Waals surface area contributed by atoms with Crippen LogP contribution < -0.4 is 5.32 Å². The number of hydrogen-bond acceptors (Lipinski definition) is 6. The Morgan fingerprint density at radius 1 is 1.33 bits per heavy atom. The number of ether oxygens (including phenoxy) is 3. The normalized spacial score (nSPS) is 19.8. The summed E-state index contributed by atoms with van der Waals surface area (Å²) in [5, 5.41) is 2.56. The number of carbonyl (C=O) groups is 3. The Hall–Kier alpha value is -2.54. The molecule has 7 nitrogen and oxygen atoms in total. The van der Waals surface area contributed by atoms with Gasteiger partial charge < -0.3 is 14.2 Å². The second-order valence-electron chi connectivity index (χ2n) is 5.04. The lowest BCUT2D eigenvalue weighted by atomic mass is 9.91. The number of nitrogens with one attached hydrogen (secondary N) is 1. The van der Waals surface area contributed by atoms with Crippen LogP contribution in [0.4, 0.5) is 4.79 Å². The van der Waals surface area contributed by atoms with Crippen molar-refractivity contribution in [1.29, 1.82) is 0 Å². The van der Waals surface area contributed by atoms with Crippen LogP contribution in [0.5, 0.6) is 0 Å². The molecule has 1 unspecified atom stereocenters. The minimum absolute atomic E-state index is 0.123. The van der Waals surface area contributed by atoms with Gasteiger partial charge in [0, 0.05) is 17.5 Å². The average Bonchev–Trinajstić information content (AvgIpc) is 2.73. The summed E-state index contributed by atoms with van der Waals surface area (Å²) in [6, 6.07) is 6.60. The van der Waals surface area contributed by atoms with Gasteiger partial charge in [-0.25, -0.2) is 4.79 Å². The Bertz CT molecular complexity index is 729. The molecule has 1 amide bonds. The molecule has 1 N–H and O–H groups in total. The highest BCUT2D eigenvalue weighted by Crippen LogP contribution is 2.41. The van der Waals surface area contributed by atoms with Gasteiger partial charge >= 0.3 is 12.1 Å². The summed E-state index contributed by atoms with van der Waals surface area (Å²) in [5.41, 5.74) is -1.17. The maximum atomic E-state index is 12.8. The molecule has 0 aromatic heterocycles. The van der Waals surface area contributed by atoms with E-state index in [0.717, 1.165) is 6.92 Å². The molecule has 0 spiro atoms. The first-order valence-electron chi connectivity index (χ1n) is 7.15. The van der Waals surface area contributed by atoms with Crippen molar-refractivity contribution in [1.82, 2.24) is 5.32 Å². The number of rotatable bonds is 4. The van der Waals surface area contributed by atoms with E-state index in [1.807, 2.05) is 0 Å². The number of benzene rings is 1. The lowest BCUT2D eigenvalue weighted by molar-refractivity contribution is -0.142. The van der Waals surface area contributed by atoms with Gasteiger partial charge in [-0.2, -0.15) is 0 Å². The zero-order chi connectivity index (χ0) is 17.9. The van der Waals surface area contributed by atoms with Crippen LogP contribution in [0, 0.1) is 0 Å². The quantitative estimate of drug-likeness (QED) is 0.837. The van der Waals surface area contributed by atoms with Gasteiger partial charge in [-0.1, -0.05) is 29.8 Å². The molecular weight excluding hydrogens is 338 g/mol. The van der Waals surface area contributed by atoms with E-state index in [2.05, 4.69) is 5.32 Å². The molecule has 0 aliphatic carbocycles. The minimum atomic E-state index is -1.54. The van der Waals surface area contributed by atoms with Gasteiger partial charge in [0.2, 0.25) is 17.2 Å². The van der Waals surface area contributed by atoms with Crippen molar-refractivity contribution in [3.05, 3.63) is 46.5 Å². The molecule has 0 saturated carbocycles. The number of carbonyl (C=O) groups excluding carboxylic acids is 3. The first-order valence-corrected chi connectivity index (χ1v) is 7.52. The molecule has 0 radical (unpaired) electrons. The highest BCUT2D eigenvalue weighted by Gasteiger charge is 2.50. The van der Waals surface area contributed by atoms with Crippen LogP contribution in [0.25, 0.3) is 0 Å². The van der Waals surface area contributed by atoms with Crippen LogP contribution in [0.1, 0.15) is 26.3 Å². The number of esters is 1. The van der Waals surface area contributed by atoms with Gasteiger partial charge in [-0.15, -0.1) is 0 Å². The molecule has 1 heterocycles. The van der Waals surface area contributed by atoms with Crippen LogP contribution in [0.2, 0.25) is 5.02 Å². The van der Waals surface area contributed by atoms with E-state index in [1.54, 1.807) is 31.2 Å². The Morgan fingerprint density at radius 3 is 2.58 bits per heavy atom. The first-order chi connectivity index (χ1) is 11.3. The zero-order valence-electron chi connectivity index (χ0n) is 13.3. The van der Waals surface area contributed by atoms with Crippen LogP contribution >= 0.6 is 11.6 Å². The van der Waals surface area contributed by atoms with Crippen LogP contribution in [-0.2, 0) is 29.4 Å². The number of ketones is 1. The topological polar surface area (TPSA) is 90.9 Å². The highest BCUT2D eigenvalue weighted by molar-refractivity contribution is 6.32. The van der Waals surface area contributed by atoms with Gasteiger partial charge in [-0.05, 0) is 19.9 Å². The Labute approximate surface area is 143 Å². The molecule has 0 bridgehead atoms. The molecule has 128 valence electrons. The summed E-state index contributed by atoms with van der Waals surface area (Å²) in [6.45, 7) is 4.35. The van der Waals surface area contributed by atoms with Gasteiger partial charge in [-0.3, -0.25) is 14.9 Å². The van der Waals surface area contributed by atoms with Crippen molar-refractivity contribution in [3.8, 4) is 0 Å². The number of alkyl carbamates (subject to hydrolysis) is 1. The lowest BCUT2D eigenvalue weighted by Gasteiger charge is -2.24. The molecule has 1 atom stereocenters. The second-order valence-corrected chi connectivity index (χ2v) is 5.45. The fourth-order valence-corrected chi connectivity index (χ4v) is 2.54. The second kappa shape index (κ2) is 6.92. The number of hydrogen-bond donors (Lipinski definition) is 1. The smallest absolute Gasteiger partial charge is 0.414 e. The maximum Gasteiger partial charge on any atom is 0.414 e. The Kier molecular flexibility index (Phi) is 5.14. The number of halogens is 1. The van der Waals surface area contributed by atoms with Crippen LogP contribution in [0.3, 0.4) is 0 Å². The van der Waals surface area contributed by atoms with Crippen molar-refractivity contribution in [2.45, 2.75) is 26.4 Å². The molecule has 2 rings (SSSR count). The fraction of sp³-hybridized carbons (Fsp3) is 0.312. The highest BCUT2D eigenvalue weighted by atomic mass is 35.5. The van der Waals surface area contributed by atoms with E-state index in [1.165, 1.54) is 6.92 Å². The van der Waals surface area contributed by atoms with E-state index in [0.29, 0.717) is 10.6 Å². The largest absolute Gasteiger partial charge is 0.456 e. The molecule has 1 aromatic carbocycles. The van der Waals surface area contributed by atoms with Crippen molar-refractivity contribution < 1.29 is 28.6 Å². The maximum absolute atomic E-state index is 12.8. The van der Waals surface area contributed by atoms with Crippen molar-refractivity contribution in [3.63, 3.8) is 0 Å². The molecule has 8 heteroatoms. The Balaban J connectivity index is 2.41. The van der Waals surface area contributed by atoms with Crippen molar-refractivity contribution in [2.75, 3.05) is 6.61 Å². The van der Waals surface area contributed by atoms with E-state index in [9.17, 15) is 14.4 Å². The van der Waals surface area contributed by atoms with E-state index in [4.69, 9.17) is 25.8 Å². The lowest BCUT2D eigenvalue weighted by Crippen LogP contribution is -2.33. The monoisotopic (exact) mass is 353 g/mol. The predicted molar refractivity (Wildman–Crippen MR) is 83.8 cm³/mol. The van der Waals surface area contributed by atoms with Gasteiger partial charge in [0.1, 0.15) is 0 Å². The standard InChI is InChI=1S/C16H16ClNO6/c1-4-22-15(21)18-14-12(23-9(2)19)13(20)16(3,24-14)10-7-5-6-8-11(10)17/h5-8H,4H2,1-3H3,(H,18,21). The minimum Gasteiger partial charge on any atom is -0.456 e. The van der Waals surface area contributed by atoms with Crippen molar-refractivity contribution in [2.24, 2.45) is 0 Å². The molecule has 1 aliphatic heterocycles. The summed E-state index contributed by atoms with van der Waals surface area (Å²) in [5.74, 6) is -2.07. The van der Waals surface area contributed by atoms with Gasteiger partial charge in [0.15, 0.2) is 0 Å². The molecule has 24 heavy (non-hydrogen) atoms. The molecule has 1 aromatic rings. The summed E-state index contributed by atoms with van der Waals surface area (Å²) in [7, 11) is 0. The first kappa shape index (κ1) is 17.8. The number of amides is 1. The van der Waals surface area contributed by atoms with E-state index in [-0.39, 0.29) is 12.5 Å². The molecular formula is C16H16ClNO6. The third kappa shape index (κ3) is 3.35. The average molecular weight is 354 g/mol. The third-order valence-corrected chi connectivity index (χ3v) is 3.61. The third-order valence-electron chi connectivity index (χ3n) is 3.28. The van der Waals surface area contributed by atoms with Crippen LogP contribution in [-0.4, -0.2) is 24.5 Å². The van der Waals surface area contributed by atoms with Crippen molar-refractivity contribution >= 4 is 29.4 Å². The molecule has 1 aliphatic rings. The summed E-state index contributed by atoms with van der Waals surface area (Å²) in [4.78, 5) is 35.7. The number of Topliss-reactive ketones (excluding diaryl/α,β-unsaturated/α-hetero) is 1. The van der Waals surface area contributed by atoms with Crippen LogP contribution in [0.15, 0.2) is 35.9 Å². The predicted octanol–water partition coefficient (Wildman–Crippen LogP) is 2.63. The SMILES string of the molecule is CCOC(=O)NC1=C(OC(C)=O)C(=O)C(C)(c2ccccc2Cl)O1. The molecule has 0 fully saturated rings. The van der Waals surface area contributed by atoms with Gasteiger partial charge in [0.25, 0.3) is 5.78 Å². The summed E-state index contributed by atoms with van der Waals surface area (Å²) >= 11 is 6.15. The fourth-order valence-electron chi connectivity index (χ4n) is 2.22. The van der Waals surface area contributed by atoms with Gasteiger partial charge in [0.05, 0.1) is 6.61 Å².